The fourth-order valence-corrected chi connectivity index (χ4v) is 2.38. The Balaban J connectivity index is 0.00000676. The van der Waals surface area contributed by atoms with Crippen LogP contribution >= 0.6 is 24.0 Å². The molecule has 156 valence electrons. The van der Waals surface area contributed by atoms with Crippen molar-refractivity contribution >= 4 is 29.9 Å². The molecule has 0 aromatic heterocycles. The van der Waals surface area contributed by atoms with Crippen LogP contribution < -0.4 is 20.1 Å². The number of methoxy groups -OCH3 is 3. The molecular weight excluding hydrogens is 461 g/mol. The van der Waals surface area contributed by atoms with Gasteiger partial charge in [0.25, 0.3) is 0 Å². The van der Waals surface area contributed by atoms with Crippen LogP contribution in [0.3, 0.4) is 0 Å². The molecule has 0 aliphatic heterocycles. The molecule has 0 aliphatic rings. The average Bonchev–Trinajstić information content (AvgIpc) is 2.68. The monoisotopic (exact) mass is 495 g/mol. The number of aryl methyl sites for hydroxylation is 1. The van der Waals surface area contributed by atoms with E-state index in [0.29, 0.717) is 19.8 Å². The molecule has 1 rings (SSSR count). The van der Waals surface area contributed by atoms with E-state index in [4.69, 9.17) is 18.9 Å². The smallest absolute Gasteiger partial charge is 0.190 e. The fourth-order valence-electron chi connectivity index (χ4n) is 2.38. The Morgan fingerprint density at radius 3 is 2.26 bits per heavy atom. The second-order valence-electron chi connectivity index (χ2n) is 5.68. The molecule has 0 radical (unpaired) electrons. The van der Waals surface area contributed by atoms with Crippen molar-refractivity contribution in [3.05, 3.63) is 23.8 Å². The number of aliphatic imine (C=N–C) groups is 1. The Morgan fingerprint density at radius 1 is 0.926 bits per heavy atom. The van der Waals surface area contributed by atoms with Crippen LogP contribution in [0.25, 0.3) is 0 Å². The number of hydrogen-bond acceptors (Lipinski definition) is 5. The Hall–Kier alpha value is -1.26. The number of benzene rings is 1. The van der Waals surface area contributed by atoms with Gasteiger partial charge in [-0.05, 0) is 37.0 Å². The first kappa shape index (κ1) is 25.7. The lowest BCUT2D eigenvalue weighted by Gasteiger charge is -2.12. The summed E-state index contributed by atoms with van der Waals surface area (Å²) in [6.45, 7) is 3.66. The van der Waals surface area contributed by atoms with Crippen molar-refractivity contribution in [1.82, 2.24) is 10.6 Å². The van der Waals surface area contributed by atoms with E-state index in [1.807, 2.05) is 12.1 Å². The normalized spacial score (nSPS) is 10.9. The molecule has 0 amide bonds. The predicted octanol–water partition coefficient (Wildman–Crippen LogP) is 2.47. The topological polar surface area (TPSA) is 73.3 Å². The van der Waals surface area contributed by atoms with Gasteiger partial charge in [0.1, 0.15) is 0 Å². The number of nitrogens with zero attached hydrogens (tertiary/aromatic N) is 1. The van der Waals surface area contributed by atoms with Crippen molar-refractivity contribution in [2.75, 3.05) is 61.3 Å². The van der Waals surface area contributed by atoms with E-state index < -0.39 is 0 Å². The van der Waals surface area contributed by atoms with Gasteiger partial charge < -0.3 is 29.6 Å². The third kappa shape index (κ3) is 11.2. The predicted molar refractivity (Wildman–Crippen MR) is 120 cm³/mol. The Morgan fingerprint density at radius 2 is 1.63 bits per heavy atom. The standard InChI is InChI=1S/C19H33N3O4.HI/c1-20-19(22-11-6-12-26-14-13-23-2)21-10-5-7-16-8-9-17(24-3)18(15-16)25-4;/h8-9,15H,5-7,10-14H2,1-4H3,(H2,20,21,22);1H. The molecule has 0 saturated carbocycles. The van der Waals surface area contributed by atoms with E-state index in [-0.39, 0.29) is 24.0 Å². The first-order valence-corrected chi connectivity index (χ1v) is 8.97. The highest BCUT2D eigenvalue weighted by atomic mass is 127. The molecule has 0 aliphatic carbocycles. The summed E-state index contributed by atoms with van der Waals surface area (Å²) in [4.78, 5) is 4.23. The minimum atomic E-state index is 0. The lowest BCUT2D eigenvalue weighted by molar-refractivity contribution is 0.0698. The number of rotatable bonds is 13. The highest BCUT2D eigenvalue weighted by Crippen LogP contribution is 2.27. The van der Waals surface area contributed by atoms with Crippen molar-refractivity contribution in [3.63, 3.8) is 0 Å². The summed E-state index contributed by atoms with van der Waals surface area (Å²) in [5.74, 6) is 2.34. The quantitative estimate of drug-likeness (QED) is 0.190. The number of halogens is 1. The van der Waals surface area contributed by atoms with E-state index in [2.05, 4.69) is 21.7 Å². The number of ether oxygens (including phenoxy) is 4. The van der Waals surface area contributed by atoms with Crippen LogP contribution in [0.4, 0.5) is 0 Å². The summed E-state index contributed by atoms with van der Waals surface area (Å²) in [7, 11) is 6.75. The van der Waals surface area contributed by atoms with Crippen molar-refractivity contribution < 1.29 is 18.9 Å². The molecule has 1 aromatic carbocycles. The van der Waals surface area contributed by atoms with Gasteiger partial charge in [-0.15, -0.1) is 24.0 Å². The fraction of sp³-hybridized carbons (Fsp3) is 0.632. The van der Waals surface area contributed by atoms with Crippen LogP contribution in [0.2, 0.25) is 0 Å². The summed E-state index contributed by atoms with van der Waals surface area (Å²) in [5, 5.41) is 6.61. The van der Waals surface area contributed by atoms with Crippen molar-refractivity contribution in [1.29, 1.82) is 0 Å². The highest BCUT2D eigenvalue weighted by Gasteiger charge is 2.04. The maximum Gasteiger partial charge on any atom is 0.190 e. The Labute approximate surface area is 180 Å². The van der Waals surface area contributed by atoms with Gasteiger partial charge in [0.15, 0.2) is 17.5 Å². The molecule has 0 atom stereocenters. The third-order valence-corrected chi connectivity index (χ3v) is 3.80. The maximum atomic E-state index is 5.43. The molecule has 0 fully saturated rings. The molecule has 0 heterocycles. The zero-order valence-corrected chi connectivity index (χ0v) is 19.2. The highest BCUT2D eigenvalue weighted by molar-refractivity contribution is 14.0. The SMILES string of the molecule is CN=C(NCCCOCCOC)NCCCc1ccc(OC)c(OC)c1.I. The zero-order valence-electron chi connectivity index (χ0n) is 16.9. The third-order valence-electron chi connectivity index (χ3n) is 3.80. The van der Waals surface area contributed by atoms with Gasteiger partial charge >= 0.3 is 0 Å². The van der Waals surface area contributed by atoms with Gasteiger partial charge in [0.2, 0.25) is 0 Å². The molecule has 7 nitrogen and oxygen atoms in total. The van der Waals surface area contributed by atoms with Crippen molar-refractivity contribution in [2.45, 2.75) is 19.3 Å². The summed E-state index contributed by atoms with van der Waals surface area (Å²) in [6.07, 6.45) is 2.88. The van der Waals surface area contributed by atoms with Crippen molar-refractivity contribution in [2.24, 2.45) is 4.99 Å². The van der Waals surface area contributed by atoms with Gasteiger partial charge in [-0.25, -0.2) is 0 Å². The zero-order chi connectivity index (χ0) is 19.0. The lowest BCUT2D eigenvalue weighted by atomic mass is 10.1. The van der Waals surface area contributed by atoms with E-state index in [1.165, 1.54) is 5.56 Å². The van der Waals surface area contributed by atoms with E-state index in [1.54, 1.807) is 28.4 Å². The average molecular weight is 495 g/mol. The molecule has 2 N–H and O–H groups in total. The van der Waals surface area contributed by atoms with Crippen LogP contribution in [0.5, 0.6) is 11.5 Å². The van der Waals surface area contributed by atoms with E-state index in [9.17, 15) is 0 Å². The minimum Gasteiger partial charge on any atom is -0.493 e. The summed E-state index contributed by atoms with van der Waals surface area (Å²) < 4.78 is 21.0. The molecule has 0 spiro atoms. The van der Waals surface area contributed by atoms with Gasteiger partial charge in [-0.2, -0.15) is 0 Å². The molecule has 0 unspecified atom stereocenters. The molecule has 1 aromatic rings. The summed E-state index contributed by atoms with van der Waals surface area (Å²) in [6, 6.07) is 6.03. The first-order valence-electron chi connectivity index (χ1n) is 8.97. The van der Waals surface area contributed by atoms with Crippen LogP contribution in [-0.2, 0) is 15.9 Å². The van der Waals surface area contributed by atoms with Crippen LogP contribution in [0, 0.1) is 0 Å². The van der Waals surface area contributed by atoms with Crippen LogP contribution in [0.1, 0.15) is 18.4 Å². The van der Waals surface area contributed by atoms with Gasteiger partial charge in [0.05, 0.1) is 27.4 Å². The molecule has 0 bridgehead atoms. The second kappa shape index (κ2) is 16.9. The molecular formula is C19H34IN3O4. The number of nitrogens with one attached hydrogen (secondary N) is 2. The second-order valence-corrected chi connectivity index (χ2v) is 5.68. The summed E-state index contributed by atoms with van der Waals surface area (Å²) >= 11 is 0. The maximum absolute atomic E-state index is 5.43. The van der Waals surface area contributed by atoms with Crippen LogP contribution in [0.15, 0.2) is 23.2 Å². The molecule has 0 saturated heterocycles. The van der Waals surface area contributed by atoms with Crippen LogP contribution in [-0.4, -0.2) is 67.2 Å². The number of hydrogen-bond donors (Lipinski definition) is 2. The van der Waals surface area contributed by atoms with Crippen molar-refractivity contribution in [3.8, 4) is 11.5 Å². The Bertz CT molecular complexity index is 530. The van der Waals surface area contributed by atoms with Gasteiger partial charge in [-0.1, -0.05) is 6.07 Å². The minimum absolute atomic E-state index is 0. The number of guanidine groups is 1. The lowest BCUT2D eigenvalue weighted by Crippen LogP contribution is -2.38. The molecule has 8 heteroatoms. The first-order chi connectivity index (χ1) is 12.7. The molecule has 27 heavy (non-hydrogen) atoms. The van der Waals surface area contributed by atoms with E-state index in [0.717, 1.165) is 49.8 Å². The largest absolute Gasteiger partial charge is 0.493 e. The Kier molecular flexibility index (Phi) is 16.1. The van der Waals surface area contributed by atoms with Gasteiger partial charge in [0, 0.05) is 33.9 Å². The van der Waals surface area contributed by atoms with E-state index >= 15 is 0 Å². The van der Waals surface area contributed by atoms with Gasteiger partial charge in [-0.3, -0.25) is 4.99 Å². The summed E-state index contributed by atoms with van der Waals surface area (Å²) in [5.41, 5.74) is 1.22.